The van der Waals surface area contributed by atoms with Crippen LogP contribution >= 0.6 is 0 Å². The third-order valence-electron chi connectivity index (χ3n) is 3.21. The Morgan fingerprint density at radius 2 is 1.87 bits per heavy atom. The van der Waals surface area contributed by atoms with Gasteiger partial charge in [0.1, 0.15) is 0 Å². The Kier molecular flexibility index (Phi) is 2.71. The molecule has 0 aromatic heterocycles. The van der Waals surface area contributed by atoms with E-state index in [0.29, 0.717) is 12.8 Å². The van der Waals surface area contributed by atoms with Gasteiger partial charge in [0.15, 0.2) is 5.75 Å². The second kappa shape index (κ2) is 3.74. The summed E-state index contributed by atoms with van der Waals surface area (Å²) in [6.45, 7) is 0. The van der Waals surface area contributed by atoms with Crippen LogP contribution < -0.4 is 0 Å². The number of fused-ring (bicyclic) bond motifs is 2. The van der Waals surface area contributed by atoms with Crippen LogP contribution in [0.2, 0.25) is 0 Å². The van der Waals surface area contributed by atoms with Crippen LogP contribution in [-0.2, 0) is 10.0 Å². The van der Waals surface area contributed by atoms with Crippen molar-refractivity contribution in [3.63, 3.8) is 0 Å². The molecule has 0 aromatic carbocycles. The zero-order valence-electron chi connectivity index (χ0n) is 8.33. The van der Waals surface area contributed by atoms with Gasteiger partial charge in [-0.2, -0.15) is 9.57 Å². The standard InChI is InChI=1S/C9H14N2O3S/c10-3-4-15(13,14)11-7-1-2-8(11)6-9(12)5-7/h7-9,12H,1-2,4-6H2. The van der Waals surface area contributed by atoms with Gasteiger partial charge in [0.05, 0.1) is 12.2 Å². The largest absolute Gasteiger partial charge is 0.393 e. The third kappa shape index (κ3) is 1.87. The summed E-state index contributed by atoms with van der Waals surface area (Å²) in [5, 5.41) is 18.0. The molecule has 2 aliphatic rings. The molecule has 2 aliphatic heterocycles. The highest BCUT2D eigenvalue weighted by Gasteiger charge is 2.46. The summed E-state index contributed by atoms with van der Waals surface area (Å²) in [6.07, 6.45) is 2.28. The third-order valence-corrected chi connectivity index (χ3v) is 4.94. The molecule has 2 atom stereocenters. The second-order valence-corrected chi connectivity index (χ2v) is 6.13. The van der Waals surface area contributed by atoms with Crippen LogP contribution in [0.3, 0.4) is 0 Å². The number of aliphatic hydroxyl groups excluding tert-OH is 1. The molecular weight excluding hydrogens is 216 g/mol. The maximum absolute atomic E-state index is 11.8. The first-order valence-corrected chi connectivity index (χ1v) is 6.71. The molecule has 2 heterocycles. The molecule has 2 unspecified atom stereocenters. The topological polar surface area (TPSA) is 81.4 Å². The SMILES string of the molecule is N#CCS(=O)(=O)N1C2CCC1CC(O)C2. The van der Waals surface area contributed by atoms with E-state index < -0.39 is 15.8 Å². The van der Waals surface area contributed by atoms with E-state index in [9.17, 15) is 13.5 Å². The Morgan fingerprint density at radius 1 is 1.33 bits per heavy atom. The summed E-state index contributed by atoms with van der Waals surface area (Å²) in [5.41, 5.74) is 0. The molecule has 6 heteroatoms. The summed E-state index contributed by atoms with van der Waals surface area (Å²) in [7, 11) is -3.43. The molecule has 0 saturated carbocycles. The molecule has 2 bridgehead atoms. The highest BCUT2D eigenvalue weighted by atomic mass is 32.2. The zero-order valence-corrected chi connectivity index (χ0v) is 9.15. The number of piperidine rings is 1. The second-order valence-electron chi connectivity index (χ2n) is 4.25. The predicted molar refractivity (Wildman–Crippen MR) is 53.3 cm³/mol. The number of hydrogen-bond donors (Lipinski definition) is 1. The summed E-state index contributed by atoms with van der Waals surface area (Å²) >= 11 is 0. The van der Waals surface area contributed by atoms with Gasteiger partial charge >= 0.3 is 0 Å². The number of rotatable bonds is 2. The Hall–Kier alpha value is -0.640. The Bertz CT molecular complexity index is 373. The lowest BCUT2D eigenvalue weighted by atomic mass is 10.0. The fraction of sp³-hybridized carbons (Fsp3) is 0.889. The minimum absolute atomic E-state index is 0.0860. The van der Waals surface area contributed by atoms with Gasteiger partial charge in [-0.15, -0.1) is 0 Å². The summed E-state index contributed by atoms with van der Waals surface area (Å²) in [4.78, 5) is 0. The molecule has 0 aromatic rings. The minimum atomic E-state index is -3.43. The van der Waals surface area contributed by atoms with Gasteiger partial charge < -0.3 is 5.11 Å². The first kappa shape index (κ1) is 10.9. The van der Waals surface area contributed by atoms with E-state index in [4.69, 9.17) is 5.26 Å². The van der Waals surface area contributed by atoms with E-state index in [1.807, 2.05) is 0 Å². The average molecular weight is 230 g/mol. The van der Waals surface area contributed by atoms with Crippen molar-refractivity contribution in [2.45, 2.75) is 43.9 Å². The van der Waals surface area contributed by atoms with Crippen LogP contribution in [0.15, 0.2) is 0 Å². The molecule has 5 nitrogen and oxygen atoms in total. The highest BCUT2D eigenvalue weighted by molar-refractivity contribution is 7.89. The minimum Gasteiger partial charge on any atom is -0.393 e. The first-order valence-electron chi connectivity index (χ1n) is 5.11. The van der Waals surface area contributed by atoms with Gasteiger partial charge in [-0.25, -0.2) is 8.42 Å². The monoisotopic (exact) mass is 230 g/mol. The fourth-order valence-electron chi connectivity index (χ4n) is 2.72. The van der Waals surface area contributed by atoms with Crippen molar-refractivity contribution >= 4 is 10.0 Å². The molecule has 0 aliphatic carbocycles. The van der Waals surface area contributed by atoms with Gasteiger partial charge in [-0.1, -0.05) is 0 Å². The summed E-state index contributed by atoms with van der Waals surface area (Å²) < 4.78 is 25.0. The highest BCUT2D eigenvalue weighted by Crippen LogP contribution is 2.37. The fourth-order valence-corrected chi connectivity index (χ4v) is 4.32. The lowest BCUT2D eigenvalue weighted by molar-refractivity contribution is 0.0770. The number of nitrogens with zero attached hydrogens (tertiary/aromatic N) is 2. The quantitative estimate of drug-likeness (QED) is 0.714. The predicted octanol–water partition coefficient (Wildman–Crippen LogP) is -0.173. The lowest BCUT2D eigenvalue weighted by Crippen LogP contribution is -2.48. The van der Waals surface area contributed by atoms with Crippen molar-refractivity contribution in [1.29, 1.82) is 5.26 Å². The molecule has 1 N–H and O–H groups in total. The smallest absolute Gasteiger partial charge is 0.228 e. The van der Waals surface area contributed by atoms with Gasteiger partial charge in [-0.05, 0) is 25.7 Å². The molecule has 84 valence electrons. The van der Waals surface area contributed by atoms with E-state index >= 15 is 0 Å². The molecule has 0 radical (unpaired) electrons. The Balaban J connectivity index is 2.22. The zero-order chi connectivity index (χ0) is 11.1. The maximum Gasteiger partial charge on any atom is 0.228 e. The molecule has 0 spiro atoms. The van der Waals surface area contributed by atoms with Crippen molar-refractivity contribution in [1.82, 2.24) is 4.31 Å². The van der Waals surface area contributed by atoms with Crippen LogP contribution in [0.1, 0.15) is 25.7 Å². The van der Waals surface area contributed by atoms with Crippen LogP contribution in [0, 0.1) is 11.3 Å². The van der Waals surface area contributed by atoms with Crippen LogP contribution in [0.5, 0.6) is 0 Å². The van der Waals surface area contributed by atoms with E-state index in [0.717, 1.165) is 12.8 Å². The van der Waals surface area contributed by atoms with Crippen molar-refractivity contribution in [2.24, 2.45) is 0 Å². The summed E-state index contributed by atoms with van der Waals surface area (Å²) in [5.74, 6) is -0.448. The summed E-state index contributed by atoms with van der Waals surface area (Å²) in [6, 6.07) is 1.52. The maximum atomic E-state index is 11.8. The normalized spacial score (nSPS) is 36.4. The first-order chi connectivity index (χ1) is 7.04. The number of aliphatic hydroxyl groups is 1. The van der Waals surface area contributed by atoms with Crippen molar-refractivity contribution in [3.05, 3.63) is 0 Å². The van der Waals surface area contributed by atoms with E-state index in [-0.39, 0.29) is 18.2 Å². The van der Waals surface area contributed by atoms with Crippen molar-refractivity contribution in [2.75, 3.05) is 5.75 Å². The molecular formula is C9H14N2O3S. The Morgan fingerprint density at radius 3 is 2.33 bits per heavy atom. The molecule has 2 fully saturated rings. The lowest BCUT2D eigenvalue weighted by Gasteiger charge is -2.35. The van der Waals surface area contributed by atoms with Crippen LogP contribution in [0.25, 0.3) is 0 Å². The van der Waals surface area contributed by atoms with E-state index in [1.165, 1.54) is 4.31 Å². The van der Waals surface area contributed by atoms with E-state index in [1.54, 1.807) is 6.07 Å². The van der Waals surface area contributed by atoms with Gasteiger partial charge in [-0.3, -0.25) is 0 Å². The van der Waals surface area contributed by atoms with Crippen LogP contribution in [-0.4, -0.2) is 41.8 Å². The molecule has 0 amide bonds. The molecule has 2 rings (SSSR count). The van der Waals surface area contributed by atoms with Gasteiger partial charge in [0, 0.05) is 12.1 Å². The average Bonchev–Trinajstić information content (AvgIpc) is 2.40. The van der Waals surface area contributed by atoms with Gasteiger partial charge in [0.2, 0.25) is 10.0 Å². The van der Waals surface area contributed by atoms with Crippen LogP contribution in [0.4, 0.5) is 0 Å². The molecule has 15 heavy (non-hydrogen) atoms. The molecule has 2 saturated heterocycles. The Labute approximate surface area is 89.4 Å². The van der Waals surface area contributed by atoms with E-state index in [2.05, 4.69) is 0 Å². The number of hydrogen-bond acceptors (Lipinski definition) is 4. The number of sulfonamides is 1. The van der Waals surface area contributed by atoms with Crippen molar-refractivity contribution < 1.29 is 13.5 Å². The number of nitriles is 1. The van der Waals surface area contributed by atoms with Crippen molar-refractivity contribution in [3.8, 4) is 6.07 Å². The van der Waals surface area contributed by atoms with Gasteiger partial charge in [0.25, 0.3) is 0 Å².